The van der Waals surface area contributed by atoms with Gasteiger partial charge in [0.2, 0.25) is 5.91 Å². The lowest BCUT2D eigenvalue weighted by molar-refractivity contribution is -0.117. The van der Waals surface area contributed by atoms with E-state index in [-0.39, 0.29) is 18.4 Å². The Morgan fingerprint density at radius 1 is 1.16 bits per heavy atom. The van der Waals surface area contributed by atoms with E-state index in [0.29, 0.717) is 41.7 Å². The van der Waals surface area contributed by atoms with Gasteiger partial charge in [0.25, 0.3) is 5.91 Å². The molecule has 7 nitrogen and oxygen atoms in total. The molecule has 31 heavy (non-hydrogen) atoms. The van der Waals surface area contributed by atoms with Gasteiger partial charge in [-0.15, -0.1) is 0 Å². The Hall–Kier alpha value is -3.45. The highest BCUT2D eigenvalue weighted by molar-refractivity contribution is 6.30. The molecule has 0 spiro atoms. The zero-order chi connectivity index (χ0) is 21.4. The first kappa shape index (κ1) is 19.5. The van der Waals surface area contributed by atoms with E-state index in [2.05, 4.69) is 15.3 Å². The molecule has 4 heterocycles. The molecular formula is C23H20ClN5O2. The van der Waals surface area contributed by atoms with Crippen LogP contribution in [0.15, 0.2) is 54.9 Å². The fourth-order valence-corrected chi connectivity index (χ4v) is 4.09. The summed E-state index contributed by atoms with van der Waals surface area (Å²) in [5.74, 6) is 0.416. The molecule has 0 fully saturated rings. The molecule has 0 saturated heterocycles. The lowest BCUT2D eigenvalue weighted by atomic mass is 10.0. The fraction of sp³-hybridized carbons (Fsp3) is 0.217. The molecule has 0 bridgehead atoms. The topological polar surface area (TPSA) is 78.4 Å². The summed E-state index contributed by atoms with van der Waals surface area (Å²) < 4.78 is 0. The van der Waals surface area contributed by atoms with Crippen molar-refractivity contribution < 1.29 is 9.59 Å². The Kier molecular flexibility index (Phi) is 5.03. The number of carbonyl (C=O) groups excluding carboxylic acids is 2. The Morgan fingerprint density at radius 3 is 2.84 bits per heavy atom. The maximum Gasteiger partial charge on any atom is 0.255 e. The van der Waals surface area contributed by atoms with Crippen LogP contribution in [-0.2, 0) is 24.3 Å². The molecule has 8 heteroatoms. The highest BCUT2D eigenvalue weighted by Gasteiger charge is 2.28. The Morgan fingerprint density at radius 2 is 2.00 bits per heavy atom. The summed E-state index contributed by atoms with van der Waals surface area (Å²) in [5.41, 5.74) is 4.12. The van der Waals surface area contributed by atoms with Crippen molar-refractivity contribution in [2.75, 3.05) is 23.3 Å². The highest BCUT2D eigenvalue weighted by atomic mass is 35.5. The zero-order valence-electron chi connectivity index (χ0n) is 16.7. The summed E-state index contributed by atoms with van der Waals surface area (Å²) in [6, 6.07) is 13.0. The van der Waals surface area contributed by atoms with Gasteiger partial charge in [-0.2, -0.15) is 0 Å². The molecule has 2 aliphatic rings. The minimum atomic E-state index is -0.103. The van der Waals surface area contributed by atoms with Crippen LogP contribution in [0, 0.1) is 0 Å². The largest absolute Gasteiger partial charge is 0.359 e. The second-order valence-corrected chi connectivity index (χ2v) is 8.07. The lowest BCUT2D eigenvalue weighted by Gasteiger charge is -2.31. The quantitative estimate of drug-likeness (QED) is 0.685. The third-order valence-electron chi connectivity index (χ3n) is 5.62. The predicted octanol–water partition coefficient (Wildman–Crippen LogP) is 3.29. The van der Waals surface area contributed by atoms with E-state index in [1.165, 1.54) is 0 Å². The average molecular weight is 434 g/mol. The van der Waals surface area contributed by atoms with Crippen molar-refractivity contribution in [1.82, 2.24) is 14.9 Å². The number of carbonyl (C=O) groups is 2. The summed E-state index contributed by atoms with van der Waals surface area (Å²) in [5, 5.41) is 3.68. The molecule has 1 N–H and O–H groups in total. The monoisotopic (exact) mass is 433 g/mol. The number of hydrogen-bond acceptors (Lipinski definition) is 5. The second-order valence-electron chi connectivity index (χ2n) is 7.64. The maximum absolute atomic E-state index is 13.2. The smallest absolute Gasteiger partial charge is 0.255 e. The molecule has 0 radical (unpaired) electrons. The molecule has 0 atom stereocenters. The summed E-state index contributed by atoms with van der Waals surface area (Å²) in [6.45, 7) is 1.67. The Labute approximate surface area is 184 Å². The number of nitrogens with one attached hydrogen (secondary N) is 1. The number of anilines is 2. The van der Waals surface area contributed by atoms with E-state index in [4.69, 9.17) is 11.6 Å². The van der Waals surface area contributed by atoms with Gasteiger partial charge in [0.05, 0.1) is 24.3 Å². The molecule has 1 aromatic carbocycles. The van der Waals surface area contributed by atoms with Gasteiger partial charge in [0, 0.05) is 42.6 Å². The van der Waals surface area contributed by atoms with Gasteiger partial charge in [-0.05, 0) is 35.4 Å². The summed E-state index contributed by atoms with van der Waals surface area (Å²) in [7, 11) is 0. The fourth-order valence-electron chi connectivity index (χ4n) is 3.97. The number of halogens is 1. The normalized spacial score (nSPS) is 15.2. The Balaban J connectivity index is 1.42. The molecule has 0 saturated carbocycles. The minimum Gasteiger partial charge on any atom is -0.359 e. The van der Waals surface area contributed by atoms with E-state index in [1.807, 2.05) is 24.3 Å². The molecule has 0 aliphatic carbocycles. The number of hydrogen-bond donors (Lipinski definition) is 1. The van der Waals surface area contributed by atoms with Crippen LogP contribution in [0.25, 0.3) is 0 Å². The van der Waals surface area contributed by atoms with Crippen molar-refractivity contribution in [3.8, 4) is 0 Å². The number of nitrogens with zero attached hydrogens (tertiary/aromatic N) is 4. The Bertz CT molecular complexity index is 1160. The summed E-state index contributed by atoms with van der Waals surface area (Å²) in [6.07, 6.45) is 4.08. The molecule has 0 unspecified atom stereocenters. The first-order chi connectivity index (χ1) is 15.1. The van der Waals surface area contributed by atoms with E-state index >= 15 is 0 Å². The standard InChI is InChI=1S/C23H20ClN5O2/c24-18-5-3-15(4-6-18)13-29-20-10-17(11-26-22(20)27-12-21(29)30)23(31)28-9-7-19-16(14-28)2-1-8-25-19/h1-6,8,10-11H,7,9,12-14H2,(H,26,27). The number of aromatic nitrogens is 2. The lowest BCUT2D eigenvalue weighted by Crippen LogP contribution is -2.40. The molecule has 2 aromatic heterocycles. The van der Waals surface area contributed by atoms with Crippen LogP contribution >= 0.6 is 11.6 Å². The van der Waals surface area contributed by atoms with Crippen LogP contribution < -0.4 is 10.2 Å². The number of benzene rings is 1. The average Bonchev–Trinajstić information content (AvgIpc) is 2.81. The predicted molar refractivity (Wildman–Crippen MR) is 118 cm³/mol. The van der Waals surface area contributed by atoms with Gasteiger partial charge in [-0.25, -0.2) is 4.98 Å². The van der Waals surface area contributed by atoms with Crippen LogP contribution in [0.1, 0.15) is 27.2 Å². The third kappa shape index (κ3) is 3.84. The van der Waals surface area contributed by atoms with Crippen molar-refractivity contribution in [3.63, 3.8) is 0 Å². The number of pyridine rings is 2. The molecule has 3 aromatic rings. The molecular weight excluding hydrogens is 414 g/mol. The van der Waals surface area contributed by atoms with Crippen LogP contribution in [0.3, 0.4) is 0 Å². The SMILES string of the molecule is O=C(c1cnc2c(c1)N(Cc1ccc(Cl)cc1)C(=O)CN2)N1CCc2ncccc2C1. The van der Waals surface area contributed by atoms with Crippen LogP contribution in [-0.4, -0.2) is 39.8 Å². The summed E-state index contributed by atoms with van der Waals surface area (Å²) >= 11 is 5.98. The maximum atomic E-state index is 13.2. The van der Waals surface area contributed by atoms with Crippen molar-refractivity contribution in [1.29, 1.82) is 0 Å². The molecule has 2 amide bonds. The highest BCUT2D eigenvalue weighted by Crippen LogP contribution is 2.31. The van der Waals surface area contributed by atoms with E-state index < -0.39 is 0 Å². The van der Waals surface area contributed by atoms with Crippen LogP contribution in [0.2, 0.25) is 5.02 Å². The number of rotatable bonds is 3. The van der Waals surface area contributed by atoms with Gasteiger partial charge in [-0.1, -0.05) is 29.8 Å². The van der Waals surface area contributed by atoms with Gasteiger partial charge in [0.15, 0.2) is 5.82 Å². The van der Waals surface area contributed by atoms with Crippen molar-refractivity contribution >= 4 is 34.9 Å². The second kappa shape index (κ2) is 8.00. The molecule has 156 valence electrons. The van der Waals surface area contributed by atoms with Gasteiger partial charge in [0.1, 0.15) is 0 Å². The van der Waals surface area contributed by atoms with E-state index in [1.54, 1.807) is 40.4 Å². The number of amides is 2. The van der Waals surface area contributed by atoms with E-state index in [9.17, 15) is 9.59 Å². The molecule has 2 aliphatic heterocycles. The van der Waals surface area contributed by atoms with Gasteiger partial charge >= 0.3 is 0 Å². The summed E-state index contributed by atoms with van der Waals surface area (Å²) in [4.78, 5) is 38.2. The minimum absolute atomic E-state index is 0.0770. The van der Waals surface area contributed by atoms with Crippen molar-refractivity contribution in [2.24, 2.45) is 0 Å². The van der Waals surface area contributed by atoms with Crippen molar-refractivity contribution in [2.45, 2.75) is 19.5 Å². The first-order valence-electron chi connectivity index (χ1n) is 10.1. The molecule has 5 rings (SSSR count). The zero-order valence-corrected chi connectivity index (χ0v) is 17.5. The van der Waals surface area contributed by atoms with Crippen molar-refractivity contribution in [3.05, 3.63) is 82.3 Å². The number of fused-ring (bicyclic) bond motifs is 2. The first-order valence-corrected chi connectivity index (χ1v) is 10.5. The van der Waals surface area contributed by atoms with Gasteiger partial charge in [-0.3, -0.25) is 14.6 Å². The van der Waals surface area contributed by atoms with Crippen LogP contribution in [0.5, 0.6) is 0 Å². The van der Waals surface area contributed by atoms with E-state index in [0.717, 1.165) is 23.2 Å². The van der Waals surface area contributed by atoms with Crippen LogP contribution in [0.4, 0.5) is 11.5 Å². The van der Waals surface area contributed by atoms with Gasteiger partial charge < -0.3 is 15.1 Å². The third-order valence-corrected chi connectivity index (χ3v) is 5.87.